The van der Waals surface area contributed by atoms with E-state index >= 15 is 0 Å². The minimum Gasteiger partial charge on any atom is -0.372 e. The molecular formula is C14H19N3OS. The van der Waals surface area contributed by atoms with E-state index in [9.17, 15) is 0 Å². The summed E-state index contributed by atoms with van der Waals surface area (Å²) in [7, 11) is 0. The number of nitrogens with zero attached hydrogens (tertiary/aromatic N) is 3. The van der Waals surface area contributed by atoms with Crippen molar-refractivity contribution in [2.45, 2.75) is 33.0 Å². The number of ether oxygens (including phenoxy) is 1. The van der Waals surface area contributed by atoms with Gasteiger partial charge in [-0.15, -0.1) is 0 Å². The number of rotatable bonds is 1. The Kier molecular flexibility index (Phi) is 3.19. The second kappa shape index (κ2) is 4.72. The lowest BCUT2D eigenvalue weighted by Gasteiger charge is -2.36. The Morgan fingerprint density at radius 3 is 2.68 bits per heavy atom. The molecule has 0 aromatic carbocycles. The fourth-order valence-corrected chi connectivity index (χ4v) is 3.13. The molecule has 1 aliphatic rings. The normalized spacial score (nSPS) is 24.1. The van der Waals surface area contributed by atoms with Gasteiger partial charge in [-0.05, 0) is 32.4 Å². The molecule has 1 saturated heterocycles. The third-order valence-corrected chi connectivity index (χ3v) is 3.90. The molecule has 1 aliphatic heterocycles. The molecule has 102 valence electrons. The van der Waals surface area contributed by atoms with Gasteiger partial charge < -0.3 is 9.64 Å². The molecule has 2 aromatic rings. The summed E-state index contributed by atoms with van der Waals surface area (Å²) < 4.78 is 7.55. The van der Waals surface area contributed by atoms with Crippen LogP contribution in [0.4, 0.5) is 5.69 Å². The van der Waals surface area contributed by atoms with E-state index in [4.69, 9.17) is 4.74 Å². The Bertz CT molecular complexity index is 600. The van der Waals surface area contributed by atoms with Crippen LogP contribution in [-0.4, -0.2) is 34.3 Å². The summed E-state index contributed by atoms with van der Waals surface area (Å²) in [4.78, 5) is 6.88. The molecule has 3 rings (SSSR count). The first kappa shape index (κ1) is 12.8. The summed E-state index contributed by atoms with van der Waals surface area (Å²) >= 11 is 4.38. The van der Waals surface area contributed by atoms with E-state index < -0.39 is 0 Å². The van der Waals surface area contributed by atoms with E-state index in [1.54, 1.807) is 3.97 Å². The van der Waals surface area contributed by atoms with Crippen molar-refractivity contribution in [3.05, 3.63) is 24.0 Å². The van der Waals surface area contributed by atoms with Crippen molar-refractivity contribution in [1.82, 2.24) is 8.96 Å². The third-order valence-electron chi connectivity index (χ3n) is 3.59. The molecule has 0 amide bonds. The SMILES string of the molecule is Cc1cn(S)c2ncc(N3CC(C)O[C@H](C)C3)cc12. The predicted molar refractivity (Wildman–Crippen MR) is 81.1 cm³/mol. The number of fused-ring (bicyclic) bond motifs is 1. The Hall–Kier alpha value is -1.20. The molecule has 0 bridgehead atoms. The van der Waals surface area contributed by atoms with Crippen molar-refractivity contribution in [2.24, 2.45) is 0 Å². The largest absolute Gasteiger partial charge is 0.372 e. The first-order valence-corrected chi connectivity index (χ1v) is 7.02. The van der Waals surface area contributed by atoms with Gasteiger partial charge in [-0.3, -0.25) is 3.97 Å². The van der Waals surface area contributed by atoms with Crippen LogP contribution in [0.2, 0.25) is 0 Å². The van der Waals surface area contributed by atoms with Crippen molar-refractivity contribution in [3.8, 4) is 0 Å². The van der Waals surface area contributed by atoms with Crippen LogP contribution in [0.1, 0.15) is 19.4 Å². The number of anilines is 1. The van der Waals surface area contributed by atoms with E-state index in [1.165, 1.54) is 10.9 Å². The van der Waals surface area contributed by atoms with Crippen LogP contribution in [0.5, 0.6) is 0 Å². The van der Waals surface area contributed by atoms with Crippen molar-refractivity contribution in [3.63, 3.8) is 0 Å². The number of hydrogen-bond acceptors (Lipinski definition) is 4. The zero-order valence-corrected chi connectivity index (χ0v) is 12.4. The number of thiol groups is 1. The zero-order chi connectivity index (χ0) is 13.6. The number of aromatic nitrogens is 2. The van der Waals surface area contributed by atoms with Gasteiger partial charge in [0.1, 0.15) is 5.65 Å². The fourth-order valence-electron chi connectivity index (χ4n) is 2.80. The summed E-state index contributed by atoms with van der Waals surface area (Å²) in [6.07, 6.45) is 4.44. The molecule has 19 heavy (non-hydrogen) atoms. The average molecular weight is 277 g/mol. The topological polar surface area (TPSA) is 30.3 Å². The highest BCUT2D eigenvalue weighted by atomic mass is 32.1. The smallest absolute Gasteiger partial charge is 0.150 e. The molecule has 1 fully saturated rings. The van der Waals surface area contributed by atoms with Gasteiger partial charge >= 0.3 is 0 Å². The number of hydrogen-bond donors (Lipinski definition) is 1. The van der Waals surface area contributed by atoms with Crippen molar-refractivity contribution < 1.29 is 4.74 Å². The lowest BCUT2D eigenvalue weighted by molar-refractivity contribution is -0.00522. The Labute approximate surface area is 118 Å². The highest BCUT2D eigenvalue weighted by Crippen LogP contribution is 2.26. The van der Waals surface area contributed by atoms with Gasteiger partial charge in [-0.25, -0.2) is 4.98 Å². The lowest BCUT2D eigenvalue weighted by Crippen LogP contribution is -2.45. The molecule has 2 aromatic heterocycles. The minimum atomic E-state index is 0.259. The van der Waals surface area contributed by atoms with Gasteiger partial charge in [0.05, 0.1) is 24.1 Å². The Morgan fingerprint density at radius 1 is 1.32 bits per heavy atom. The van der Waals surface area contributed by atoms with Crippen LogP contribution in [0.3, 0.4) is 0 Å². The molecule has 3 heterocycles. The van der Waals surface area contributed by atoms with E-state index in [0.717, 1.165) is 24.4 Å². The molecule has 1 unspecified atom stereocenters. The maximum atomic E-state index is 5.77. The second-order valence-corrected chi connectivity index (χ2v) is 5.81. The number of pyridine rings is 1. The summed E-state index contributed by atoms with van der Waals surface area (Å²) in [6.45, 7) is 8.15. The molecular weight excluding hydrogens is 258 g/mol. The van der Waals surface area contributed by atoms with Crippen LogP contribution in [-0.2, 0) is 4.74 Å². The van der Waals surface area contributed by atoms with Crippen molar-refractivity contribution in [2.75, 3.05) is 18.0 Å². The molecule has 0 spiro atoms. The predicted octanol–water partition coefficient (Wildman–Crippen LogP) is 2.65. The third kappa shape index (κ3) is 2.32. The molecule has 0 N–H and O–H groups in total. The van der Waals surface area contributed by atoms with Gasteiger partial charge in [0.15, 0.2) is 0 Å². The van der Waals surface area contributed by atoms with Crippen LogP contribution in [0, 0.1) is 6.92 Å². The minimum absolute atomic E-state index is 0.259. The van der Waals surface area contributed by atoms with Gasteiger partial charge in [-0.1, -0.05) is 12.8 Å². The first-order valence-electron chi connectivity index (χ1n) is 6.62. The average Bonchev–Trinajstić information content (AvgIpc) is 2.63. The maximum Gasteiger partial charge on any atom is 0.150 e. The van der Waals surface area contributed by atoms with Gasteiger partial charge in [0.25, 0.3) is 0 Å². The standard InChI is InChI=1S/C14H19N3OS/c1-9-6-17(19)14-13(9)4-12(5-15-14)16-7-10(2)18-11(3)8-16/h4-6,10-11,19H,7-8H2,1-3H3/t10-,11?/m1/s1. The lowest BCUT2D eigenvalue weighted by atomic mass is 10.2. The number of morpholine rings is 1. The quantitative estimate of drug-likeness (QED) is 0.813. The Morgan fingerprint density at radius 2 is 2.00 bits per heavy atom. The van der Waals surface area contributed by atoms with E-state index in [-0.39, 0.29) is 12.2 Å². The van der Waals surface area contributed by atoms with E-state index in [1.807, 2.05) is 12.4 Å². The fraction of sp³-hybridized carbons (Fsp3) is 0.500. The monoisotopic (exact) mass is 277 g/mol. The zero-order valence-electron chi connectivity index (χ0n) is 11.5. The molecule has 4 nitrogen and oxygen atoms in total. The summed E-state index contributed by atoms with van der Waals surface area (Å²) in [5.74, 6) is 0. The second-order valence-electron chi connectivity index (χ2n) is 5.38. The molecule has 0 aliphatic carbocycles. The van der Waals surface area contributed by atoms with Crippen molar-refractivity contribution >= 4 is 29.5 Å². The number of aryl methyl sites for hydroxylation is 1. The maximum absolute atomic E-state index is 5.77. The molecule has 2 atom stereocenters. The van der Waals surface area contributed by atoms with Crippen molar-refractivity contribution in [1.29, 1.82) is 0 Å². The Balaban J connectivity index is 1.98. The molecule has 0 saturated carbocycles. The van der Waals surface area contributed by atoms with E-state index in [2.05, 4.69) is 49.5 Å². The van der Waals surface area contributed by atoms with Crippen LogP contribution >= 0.6 is 12.8 Å². The molecule has 0 radical (unpaired) electrons. The molecule has 5 heteroatoms. The van der Waals surface area contributed by atoms with Gasteiger partial charge in [-0.2, -0.15) is 0 Å². The van der Waals surface area contributed by atoms with Crippen LogP contribution < -0.4 is 4.90 Å². The van der Waals surface area contributed by atoms with Crippen LogP contribution in [0.25, 0.3) is 11.0 Å². The summed E-state index contributed by atoms with van der Waals surface area (Å²) in [5.41, 5.74) is 3.28. The summed E-state index contributed by atoms with van der Waals surface area (Å²) in [5, 5.41) is 1.17. The van der Waals surface area contributed by atoms with Crippen LogP contribution in [0.15, 0.2) is 18.5 Å². The highest BCUT2D eigenvalue weighted by molar-refractivity contribution is 7.78. The summed E-state index contributed by atoms with van der Waals surface area (Å²) in [6, 6.07) is 2.20. The highest BCUT2D eigenvalue weighted by Gasteiger charge is 2.23. The first-order chi connectivity index (χ1) is 9.04. The van der Waals surface area contributed by atoms with Gasteiger partial charge in [0, 0.05) is 24.7 Å². The van der Waals surface area contributed by atoms with E-state index in [0.29, 0.717) is 0 Å². The van der Waals surface area contributed by atoms with Gasteiger partial charge in [0.2, 0.25) is 0 Å².